The summed E-state index contributed by atoms with van der Waals surface area (Å²) in [6.07, 6.45) is 3.88. The number of thiazole rings is 1. The summed E-state index contributed by atoms with van der Waals surface area (Å²) >= 11 is 1.88. The first-order valence-electron chi connectivity index (χ1n) is 6.68. The Balaban J connectivity index is 1.83. The van der Waals surface area contributed by atoms with Crippen molar-refractivity contribution in [3.05, 3.63) is 15.6 Å². The molecule has 0 radical (unpaired) electrons. The van der Waals surface area contributed by atoms with Crippen molar-refractivity contribution < 1.29 is 0 Å². The summed E-state index contributed by atoms with van der Waals surface area (Å²) in [5.41, 5.74) is 1.22. The summed E-state index contributed by atoms with van der Waals surface area (Å²) < 4.78 is 0. The van der Waals surface area contributed by atoms with Gasteiger partial charge >= 0.3 is 0 Å². The van der Waals surface area contributed by atoms with E-state index in [4.69, 9.17) is 0 Å². The van der Waals surface area contributed by atoms with Crippen LogP contribution in [-0.2, 0) is 13.0 Å². The Morgan fingerprint density at radius 1 is 1.35 bits per heavy atom. The fraction of sp³-hybridized carbons (Fsp3) is 0.769. The molecule has 3 nitrogen and oxygen atoms in total. The van der Waals surface area contributed by atoms with E-state index in [2.05, 4.69) is 29.0 Å². The zero-order chi connectivity index (χ0) is 12.1. The van der Waals surface area contributed by atoms with Crippen LogP contribution in [-0.4, -0.2) is 36.1 Å². The number of nitrogens with zero attached hydrogens (tertiary/aromatic N) is 2. The first-order valence-corrected chi connectivity index (χ1v) is 7.49. The van der Waals surface area contributed by atoms with Gasteiger partial charge in [0.2, 0.25) is 0 Å². The number of hydrogen-bond donors (Lipinski definition) is 1. The maximum absolute atomic E-state index is 4.68. The fourth-order valence-electron chi connectivity index (χ4n) is 2.26. The van der Waals surface area contributed by atoms with E-state index in [-0.39, 0.29) is 0 Å². The van der Waals surface area contributed by atoms with Gasteiger partial charge in [0.05, 0.1) is 10.7 Å². The van der Waals surface area contributed by atoms with Gasteiger partial charge in [-0.2, -0.15) is 0 Å². The Hall–Kier alpha value is -0.450. The molecule has 1 N–H and O–H groups in total. The van der Waals surface area contributed by atoms with Crippen LogP contribution in [0, 0.1) is 6.92 Å². The van der Waals surface area contributed by atoms with Crippen molar-refractivity contribution >= 4 is 11.3 Å². The molecule has 1 aliphatic heterocycles. The normalized spacial score (nSPS) is 16.8. The zero-order valence-corrected chi connectivity index (χ0v) is 11.8. The summed E-state index contributed by atoms with van der Waals surface area (Å²) in [6, 6.07) is 0. The topological polar surface area (TPSA) is 28.2 Å². The van der Waals surface area contributed by atoms with Gasteiger partial charge in [-0.1, -0.05) is 6.92 Å². The van der Waals surface area contributed by atoms with E-state index in [0.29, 0.717) is 0 Å². The monoisotopic (exact) mass is 253 g/mol. The summed E-state index contributed by atoms with van der Waals surface area (Å²) in [5, 5.41) is 4.68. The average molecular weight is 253 g/mol. The lowest BCUT2D eigenvalue weighted by molar-refractivity contribution is 0.343. The van der Waals surface area contributed by atoms with Crippen LogP contribution in [0.2, 0.25) is 0 Å². The molecule has 0 amide bonds. The van der Waals surface area contributed by atoms with Crippen LogP contribution in [0.15, 0.2) is 0 Å². The molecule has 96 valence electrons. The van der Waals surface area contributed by atoms with Crippen LogP contribution < -0.4 is 5.32 Å². The van der Waals surface area contributed by atoms with Crippen molar-refractivity contribution in [2.24, 2.45) is 0 Å². The van der Waals surface area contributed by atoms with Gasteiger partial charge in [-0.3, -0.25) is 0 Å². The third-order valence-electron chi connectivity index (χ3n) is 3.31. The van der Waals surface area contributed by atoms with Crippen molar-refractivity contribution in [2.45, 2.75) is 39.7 Å². The second-order valence-electron chi connectivity index (χ2n) is 4.70. The summed E-state index contributed by atoms with van der Waals surface area (Å²) in [7, 11) is 0. The maximum Gasteiger partial charge on any atom is 0.0944 e. The second kappa shape index (κ2) is 6.47. The number of nitrogens with one attached hydrogen (secondary N) is 1. The molecule has 0 unspecified atom stereocenters. The van der Waals surface area contributed by atoms with Crippen molar-refractivity contribution in [2.75, 3.05) is 26.2 Å². The third-order valence-corrected chi connectivity index (χ3v) is 4.53. The Kier molecular flexibility index (Phi) is 4.95. The van der Waals surface area contributed by atoms with Gasteiger partial charge in [0.25, 0.3) is 0 Å². The van der Waals surface area contributed by atoms with Crippen LogP contribution in [0.4, 0.5) is 0 Å². The zero-order valence-electron chi connectivity index (χ0n) is 11.0. The molecule has 0 spiro atoms. The van der Waals surface area contributed by atoms with E-state index in [1.807, 2.05) is 11.3 Å². The van der Waals surface area contributed by atoms with Crippen LogP contribution in [0.3, 0.4) is 0 Å². The van der Waals surface area contributed by atoms with Gasteiger partial charge in [-0.15, -0.1) is 11.3 Å². The van der Waals surface area contributed by atoms with Crippen LogP contribution >= 0.6 is 11.3 Å². The molecule has 2 rings (SSSR count). The summed E-state index contributed by atoms with van der Waals surface area (Å²) in [5.74, 6) is 0. The molecule has 0 bridgehead atoms. The molecule has 1 fully saturated rings. The first kappa shape index (κ1) is 13.0. The smallest absolute Gasteiger partial charge is 0.0944 e. The minimum atomic E-state index is 0.976. The van der Waals surface area contributed by atoms with Gasteiger partial charge < -0.3 is 10.2 Å². The van der Waals surface area contributed by atoms with Crippen molar-refractivity contribution in [1.29, 1.82) is 0 Å². The van der Waals surface area contributed by atoms with Gasteiger partial charge in [0.15, 0.2) is 0 Å². The highest BCUT2D eigenvalue weighted by molar-refractivity contribution is 7.11. The lowest BCUT2D eigenvalue weighted by Crippen LogP contribution is -2.21. The van der Waals surface area contributed by atoms with Crippen molar-refractivity contribution in [1.82, 2.24) is 15.2 Å². The van der Waals surface area contributed by atoms with Crippen molar-refractivity contribution in [3.63, 3.8) is 0 Å². The Morgan fingerprint density at radius 3 is 2.82 bits per heavy atom. The SMILES string of the molecule is CCNCc1sc(CCN2CCCC2)nc1C. The molecular formula is C13H23N3S. The molecule has 2 heterocycles. The lowest BCUT2D eigenvalue weighted by Gasteiger charge is -2.12. The van der Waals surface area contributed by atoms with E-state index in [1.54, 1.807) is 0 Å². The average Bonchev–Trinajstić information content (AvgIpc) is 2.93. The highest BCUT2D eigenvalue weighted by Gasteiger charge is 2.13. The van der Waals surface area contributed by atoms with Gasteiger partial charge in [0, 0.05) is 24.4 Å². The molecule has 1 aromatic heterocycles. The molecule has 1 saturated heterocycles. The van der Waals surface area contributed by atoms with E-state index in [9.17, 15) is 0 Å². The highest BCUT2D eigenvalue weighted by Crippen LogP contribution is 2.19. The Labute approximate surface area is 108 Å². The largest absolute Gasteiger partial charge is 0.312 e. The van der Waals surface area contributed by atoms with E-state index >= 15 is 0 Å². The number of aromatic nitrogens is 1. The van der Waals surface area contributed by atoms with Crippen LogP contribution in [0.5, 0.6) is 0 Å². The molecule has 17 heavy (non-hydrogen) atoms. The standard InChI is InChI=1S/C13H23N3S/c1-3-14-10-12-11(2)15-13(17-12)6-9-16-7-4-5-8-16/h14H,3-10H2,1-2H3. The number of rotatable bonds is 6. The van der Waals surface area contributed by atoms with Crippen molar-refractivity contribution in [3.8, 4) is 0 Å². The van der Waals surface area contributed by atoms with E-state index < -0.39 is 0 Å². The van der Waals surface area contributed by atoms with Gasteiger partial charge in [-0.25, -0.2) is 4.98 Å². The van der Waals surface area contributed by atoms with Gasteiger partial charge in [-0.05, 0) is 39.4 Å². The second-order valence-corrected chi connectivity index (χ2v) is 5.86. The minimum Gasteiger partial charge on any atom is -0.312 e. The molecule has 1 aromatic rings. The molecule has 0 saturated carbocycles. The fourth-order valence-corrected chi connectivity index (χ4v) is 3.29. The van der Waals surface area contributed by atoms with Gasteiger partial charge in [0.1, 0.15) is 0 Å². The Morgan fingerprint density at radius 2 is 2.12 bits per heavy atom. The van der Waals surface area contributed by atoms with E-state index in [0.717, 1.165) is 19.5 Å². The maximum atomic E-state index is 4.68. The number of aryl methyl sites for hydroxylation is 1. The first-order chi connectivity index (χ1) is 8.29. The highest BCUT2D eigenvalue weighted by atomic mass is 32.1. The lowest BCUT2D eigenvalue weighted by atomic mass is 10.3. The quantitative estimate of drug-likeness (QED) is 0.842. The molecule has 0 atom stereocenters. The van der Waals surface area contributed by atoms with Crippen LogP contribution in [0.25, 0.3) is 0 Å². The predicted octanol–water partition coefficient (Wildman–Crippen LogP) is 2.20. The van der Waals surface area contributed by atoms with E-state index in [1.165, 1.54) is 48.1 Å². The molecule has 1 aliphatic rings. The summed E-state index contributed by atoms with van der Waals surface area (Å²) in [6.45, 7) is 10.0. The minimum absolute atomic E-state index is 0.976. The molecule has 0 aromatic carbocycles. The molecule has 0 aliphatic carbocycles. The van der Waals surface area contributed by atoms with Crippen LogP contribution in [0.1, 0.15) is 35.3 Å². The molecule has 4 heteroatoms. The predicted molar refractivity (Wildman–Crippen MR) is 73.6 cm³/mol. The number of hydrogen-bond acceptors (Lipinski definition) is 4. The third kappa shape index (κ3) is 3.76. The number of likely N-dealkylation sites (tertiary alicyclic amines) is 1. The summed E-state index contributed by atoms with van der Waals surface area (Å²) in [4.78, 5) is 8.64. The molecular weight excluding hydrogens is 230 g/mol. The Bertz CT molecular complexity index is 342.